The number of aliphatic hydroxyl groups excluding tert-OH is 1. The zero-order valence-corrected chi connectivity index (χ0v) is 12.8. The van der Waals surface area contributed by atoms with E-state index in [2.05, 4.69) is 0 Å². The van der Waals surface area contributed by atoms with Crippen LogP contribution in [-0.2, 0) is 0 Å². The van der Waals surface area contributed by atoms with Gasteiger partial charge in [0.1, 0.15) is 5.75 Å². The molecular formula is C17H20O3S. The van der Waals surface area contributed by atoms with E-state index in [0.29, 0.717) is 6.61 Å². The van der Waals surface area contributed by atoms with E-state index in [-0.39, 0.29) is 6.61 Å². The largest absolute Gasteiger partial charge is 0.494 e. The molecule has 0 radical (unpaired) electrons. The summed E-state index contributed by atoms with van der Waals surface area (Å²) >= 11 is 1.49. The summed E-state index contributed by atoms with van der Waals surface area (Å²) in [5, 5.41) is 8.69. The van der Waals surface area contributed by atoms with Crippen molar-refractivity contribution in [2.45, 2.75) is 25.7 Å². The molecule has 1 aromatic carbocycles. The monoisotopic (exact) mass is 304 g/mol. The number of aldehydes is 1. The Morgan fingerprint density at radius 1 is 1.00 bits per heavy atom. The van der Waals surface area contributed by atoms with E-state index in [1.54, 1.807) is 0 Å². The Balaban J connectivity index is 1.80. The smallest absolute Gasteiger partial charge is 0.160 e. The maximum absolute atomic E-state index is 10.7. The minimum absolute atomic E-state index is 0.275. The molecule has 0 atom stereocenters. The number of hydrogen-bond donors (Lipinski definition) is 1. The molecule has 0 amide bonds. The molecule has 0 saturated heterocycles. The first-order chi connectivity index (χ1) is 10.3. The minimum atomic E-state index is 0.275. The molecule has 0 aliphatic heterocycles. The predicted octanol–water partition coefficient (Wildman–Crippen LogP) is 4.16. The summed E-state index contributed by atoms with van der Waals surface area (Å²) in [5.41, 5.74) is 1.10. The summed E-state index contributed by atoms with van der Waals surface area (Å²) < 4.78 is 5.69. The summed E-state index contributed by atoms with van der Waals surface area (Å²) in [6.07, 6.45) is 4.90. The van der Waals surface area contributed by atoms with Gasteiger partial charge in [-0.2, -0.15) is 0 Å². The highest BCUT2D eigenvalue weighted by Crippen LogP contribution is 2.28. The molecule has 2 aromatic rings. The quantitative estimate of drug-likeness (QED) is 0.559. The number of unbranched alkanes of at least 4 members (excludes halogenated alkanes) is 3. The second kappa shape index (κ2) is 8.60. The van der Waals surface area contributed by atoms with Crippen LogP contribution in [0, 0.1) is 0 Å². The van der Waals surface area contributed by atoms with Crippen LogP contribution in [0.3, 0.4) is 0 Å². The van der Waals surface area contributed by atoms with Crippen LogP contribution in [-0.4, -0.2) is 24.6 Å². The van der Waals surface area contributed by atoms with Gasteiger partial charge in [0.05, 0.1) is 11.5 Å². The van der Waals surface area contributed by atoms with Gasteiger partial charge in [0.2, 0.25) is 0 Å². The lowest BCUT2D eigenvalue weighted by molar-refractivity contribution is 0.112. The zero-order valence-electron chi connectivity index (χ0n) is 12.0. The van der Waals surface area contributed by atoms with Crippen molar-refractivity contribution >= 4 is 17.6 Å². The number of carbonyl (C=O) groups is 1. The maximum atomic E-state index is 10.7. The highest BCUT2D eigenvalue weighted by Gasteiger charge is 2.02. The Kier molecular flexibility index (Phi) is 6.44. The third-order valence-electron chi connectivity index (χ3n) is 3.20. The van der Waals surface area contributed by atoms with Gasteiger partial charge < -0.3 is 9.84 Å². The normalized spacial score (nSPS) is 10.5. The van der Waals surface area contributed by atoms with Crippen LogP contribution >= 0.6 is 11.3 Å². The van der Waals surface area contributed by atoms with Crippen LogP contribution in [0.2, 0.25) is 0 Å². The number of ether oxygens (including phenoxy) is 1. The van der Waals surface area contributed by atoms with E-state index in [1.807, 2.05) is 36.4 Å². The molecule has 112 valence electrons. The highest BCUT2D eigenvalue weighted by molar-refractivity contribution is 7.17. The summed E-state index contributed by atoms with van der Waals surface area (Å²) in [7, 11) is 0. The average molecular weight is 304 g/mol. The van der Waals surface area contributed by atoms with Crippen molar-refractivity contribution < 1.29 is 14.6 Å². The van der Waals surface area contributed by atoms with Crippen LogP contribution in [0.25, 0.3) is 10.4 Å². The van der Waals surface area contributed by atoms with Crippen molar-refractivity contribution in [2.75, 3.05) is 13.2 Å². The van der Waals surface area contributed by atoms with E-state index < -0.39 is 0 Å². The number of hydrogen-bond acceptors (Lipinski definition) is 4. The summed E-state index contributed by atoms with van der Waals surface area (Å²) in [6, 6.07) is 11.8. The van der Waals surface area contributed by atoms with Crippen molar-refractivity contribution in [3.8, 4) is 16.2 Å². The molecular weight excluding hydrogens is 284 g/mol. The summed E-state index contributed by atoms with van der Waals surface area (Å²) in [6.45, 7) is 0.982. The van der Waals surface area contributed by atoms with Crippen molar-refractivity contribution in [3.05, 3.63) is 41.3 Å². The Hall–Kier alpha value is -1.65. The molecule has 0 aliphatic rings. The lowest BCUT2D eigenvalue weighted by atomic mass is 10.2. The maximum Gasteiger partial charge on any atom is 0.160 e. The van der Waals surface area contributed by atoms with E-state index in [0.717, 1.165) is 53.0 Å². The van der Waals surface area contributed by atoms with Gasteiger partial charge in [0.15, 0.2) is 6.29 Å². The fourth-order valence-electron chi connectivity index (χ4n) is 2.04. The van der Waals surface area contributed by atoms with Gasteiger partial charge in [-0.15, -0.1) is 11.3 Å². The number of carbonyl (C=O) groups excluding carboxylic acids is 1. The average Bonchev–Trinajstić information content (AvgIpc) is 3.00. The van der Waals surface area contributed by atoms with Gasteiger partial charge in [-0.25, -0.2) is 0 Å². The first-order valence-electron chi connectivity index (χ1n) is 7.22. The Labute approximate surface area is 129 Å². The molecule has 0 saturated carbocycles. The molecule has 0 bridgehead atoms. The van der Waals surface area contributed by atoms with E-state index in [1.165, 1.54) is 11.3 Å². The number of thiophene rings is 1. The van der Waals surface area contributed by atoms with Gasteiger partial charge in [0, 0.05) is 11.5 Å². The third-order valence-corrected chi connectivity index (χ3v) is 4.26. The third kappa shape index (κ3) is 4.99. The standard InChI is InChI=1S/C17H20O3S/c18-11-3-1-2-4-12-20-15-7-5-14(6-8-15)17-10-9-16(13-19)21-17/h5-10,13,18H,1-4,11-12H2. The zero-order chi connectivity index (χ0) is 14.9. The first kappa shape index (κ1) is 15.7. The van der Waals surface area contributed by atoms with E-state index in [9.17, 15) is 4.79 Å². The number of rotatable bonds is 9. The Bertz CT molecular complexity index is 545. The van der Waals surface area contributed by atoms with Crippen molar-refractivity contribution in [3.63, 3.8) is 0 Å². The SMILES string of the molecule is O=Cc1ccc(-c2ccc(OCCCCCCO)cc2)s1. The molecule has 2 rings (SSSR count). The molecule has 0 unspecified atom stereocenters. The molecule has 0 fully saturated rings. The molecule has 1 heterocycles. The van der Waals surface area contributed by atoms with Crippen LogP contribution < -0.4 is 4.74 Å². The fraction of sp³-hybridized carbons (Fsp3) is 0.353. The van der Waals surface area contributed by atoms with Gasteiger partial charge in [-0.1, -0.05) is 6.42 Å². The molecule has 21 heavy (non-hydrogen) atoms. The fourth-order valence-corrected chi connectivity index (χ4v) is 2.87. The minimum Gasteiger partial charge on any atom is -0.494 e. The Morgan fingerprint density at radius 2 is 1.76 bits per heavy atom. The van der Waals surface area contributed by atoms with Gasteiger partial charge >= 0.3 is 0 Å². The van der Waals surface area contributed by atoms with Gasteiger partial charge in [0.25, 0.3) is 0 Å². The predicted molar refractivity (Wildman–Crippen MR) is 86.2 cm³/mol. The van der Waals surface area contributed by atoms with Gasteiger partial charge in [-0.05, 0) is 61.2 Å². The highest BCUT2D eigenvalue weighted by atomic mass is 32.1. The van der Waals surface area contributed by atoms with E-state index >= 15 is 0 Å². The molecule has 3 nitrogen and oxygen atoms in total. The summed E-state index contributed by atoms with van der Waals surface area (Å²) in [4.78, 5) is 12.5. The summed E-state index contributed by atoms with van der Waals surface area (Å²) in [5.74, 6) is 0.869. The number of benzene rings is 1. The van der Waals surface area contributed by atoms with E-state index in [4.69, 9.17) is 9.84 Å². The number of aliphatic hydroxyl groups is 1. The molecule has 4 heteroatoms. The van der Waals surface area contributed by atoms with Crippen molar-refractivity contribution in [1.29, 1.82) is 0 Å². The second-order valence-electron chi connectivity index (χ2n) is 4.83. The second-order valence-corrected chi connectivity index (χ2v) is 5.95. The lowest BCUT2D eigenvalue weighted by Crippen LogP contribution is -1.97. The lowest BCUT2D eigenvalue weighted by Gasteiger charge is -2.06. The van der Waals surface area contributed by atoms with Crippen LogP contribution in [0.5, 0.6) is 5.75 Å². The van der Waals surface area contributed by atoms with Crippen LogP contribution in [0.4, 0.5) is 0 Å². The van der Waals surface area contributed by atoms with Crippen molar-refractivity contribution in [1.82, 2.24) is 0 Å². The van der Waals surface area contributed by atoms with Crippen LogP contribution in [0.1, 0.15) is 35.4 Å². The Morgan fingerprint density at radius 3 is 2.43 bits per heavy atom. The first-order valence-corrected chi connectivity index (χ1v) is 8.04. The van der Waals surface area contributed by atoms with Gasteiger partial charge in [-0.3, -0.25) is 4.79 Å². The molecule has 0 aliphatic carbocycles. The molecule has 1 aromatic heterocycles. The van der Waals surface area contributed by atoms with Crippen LogP contribution in [0.15, 0.2) is 36.4 Å². The molecule has 1 N–H and O–H groups in total. The molecule has 0 spiro atoms. The topological polar surface area (TPSA) is 46.5 Å². The van der Waals surface area contributed by atoms with Crippen molar-refractivity contribution in [2.24, 2.45) is 0 Å².